The van der Waals surface area contributed by atoms with Crippen LogP contribution in [0.25, 0.3) is 0 Å². The SMILES string of the molecule is CC1(C)CCC(C(=O)O)N1O. The van der Waals surface area contributed by atoms with E-state index in [1.165, 1.54) is 0 Å². The van der Waals surface area contributed by atoms with Gasteiger partial charge >= 0.3 is 5.97 Å². The molecule has 4 nitrogen and oxygen atoms in total. The molecule has 64 valence electrons. The Morgan fingerprint density at radius 2 is 2.18 bits per heavy atom. The molecule has 0 spiro atoms. The first-order chi connectivity index (χ1) is 4.95. The third kappa shape index (κ3) is 1.36. The van der Waals surface area contributed by atoms with Crippen LogP contribution in [0.3, 0.4) is 0 Å². The van der Waals surface area contributed by atoms with Gasteiger partial charge in [-0.15, -0.1) is 0 Å². The topological polar surface area (TPSA) is 60.8 Å². The number of rotatable bonds is 1. The van der Waals surface area contributed by atoms with E-state index in [0.717, 1.165) is 11.5 Å². The summed E-state index contributed by atoms with van der Waals surface area (Å²) < 4.78 is 0. The summed E-state index contributed by atoms with van der Waals surface area (Å²) in [7, 11) is 0. The molecule has 2 N–H and O–H groups in total. The molecule has 0 aromatic carbocycles. The van der Waals surface area contributed by atoms with E-state index in [4.69, 9.17) is 5.11 Å². The van der Waals surface area contributed by atoms with Gasteiger partial charge < -0.3 is 10.3 Å². The van der Waals surface area contributed by atoms with Crippen molar-refractivity contribution in [2.24, 2.45) is 0 Å². The third-order valence-electron chi connectivity index (χ3n) is 2.23. The van der Waals surface area contributed by atoms with Gasteiger partial charge in [0.1, 0.15) is 6.04 Å². The van der Waals surface area contributed by atoms with E-state index in [1.54, 1.807) is 0 Å². The molecule has 1 heterocycles. The Hall–Kier alpha value is -0.610. The van der Waals surface area contributed by atoms with Crippen LogP contribution in [-0.2, 0) is 4.79 Å². The van der Waals surface area contributed by atoms with E-state index in [1.807, 2.05) is 13.8 Å². The fourth-order valence-electron chi connectivity index (χ4n) is 1.38. The Morgan fingerprint density at radius 3 is 2.36 bits per heavy atom. The van der Waals surface area contributed by atoms with Gasteiger partial charge in [-0.25, -0.2) is 0 Å². The summed E-state index contributed by atoms with van der Waals surface area (Å²) in [4.78, 5) is 10.5. The molecule has 0 aromatic rings. The second-order valence-corrected chi connectivity index (χ2v) is 3.55. The van der Waals surface area contributed by atoms with Crippen molar-refractivity contribution in [3.8, 4) is 0 Å². The standard InChI is InChI=1S/C7H13NO3/c1-7(2)4-3-5(6(9)10)8(7)11/h5,11H,3-4H2,1-2H3,(H,9,10). The lowest BCUT2D eigenvalue weighted by Gasteiger charge is -2.27. The van der Waals surface area contributed by atoms with E-state index in [9.17, 15) is 10.0 Å². The Bertz CT molecular complexity index is 179. The number of carbonyl (C=O) groups is 1. The molecule has 1 saturated heterocycles. The van der Waals surface area contributed by atoms with Crippen molar-refractivity contribution < 1.29 is 15.1 Å². The maximum Gasteiger partial charge on any atom is 0.323 e. The molecular weight excluding hydrogens is 146 g/mol. The first-order valence-corrected chi connectivity index (χ1v) is 3.66. The highest BCUT2D eigenvalue weighted by Gasteiger charge is 2.42. The molecule has 1 atom stereocenters. The summed E-state index contributed by atoms with van der Waals surface area (Å²) in [5.41, 5.74) is -0.386. The van der Waals surface area contributed by atoms with Gasteiger partial charge in [-0.2, -0.15) is 5.06 Å². The molecule has 0 aromatic heterocycles. The van der Waals surface area contributed by atoms with Gasteiger partial charge in [-0.05, 0) is 26.7 Å². The zero-order valence-electron chi connectivity index (χ0n) is 6.74. The second-order valence-electron chi connectivity index (χ2n) is 3.55. The molecule has 11 heavy (non-hydrogen) atoms. The van der Waals surface area contributed by atoms with Crippen LogP contribution in [0.5, 0.6) is 0 Å². The monoisotopic (exact) mass is 159 g/mol. The van der Waals surface area contributed by atoms with Gasteiger partial charge in [0.05, 0.1) is 0 Å². The summed E-state index contributed by atoms with van der Waals surface area (Å²) in [6.07, 6.45) is 1.25. The number of nitrogens with zero attached hydrogens (tertiary/aromatic N) is 1. The van der Waals surface area contributed by atoms with E-state index >= 15 is 0 Å². The predicted molar refractivity (Wildman–Crippen MR) is 38.4 cm³/mol. The van der Waals surface area contributed by atoms with Crippen LogP contribution in [0.1, 0.15) is 26.7 Å². The lowest BCUT2D eigenvalue weighted by Crippen LogP contribution is -2.43. The van der Waals surface area contributed by atoms with Gasteiger partial charge in [0.25, 0.3) is 0 Å². The third-order valence-corrected chi connectivity index (χ3v) is 2.23. The average Bonchev–Trinajstić information content (AvgIpc) is 2.09. The van der Waals surface area contributed by atoms with Crippen molar-refractivity contribution in [2.45, 2.75) is 38.3 Å². The van der Waals surface area contributed by atoms with Crippen molar-refractivity contribution in [1.29, 1.82) is 0 Å². The number of hydrogen-bond donors (Lipinski definition) is 2. The van der Waals surface area contributed by atoms with Gasteiger partial charge in [0, 0.05) is 5.54 Å². The highest BCUT2D eigenvalue weighted by Crippen LogP contribution is 2.31. The smallest absolute Gasteiger partial charge is 0.323 e. The van der Waals surface area contributed by atoms with Gasteiger partial charge in [-0.1, -0.05) is 0 Å². The minimum absolute atomic E-state index is 0.386. The zero-order valence-corrected chi connectivity index (χ0v) is 6.74. The maximum absolute atomic E-state index is 10.5. The molecule has 0 radical (unpaired) electrons. The Balaban J connectivity index is 2.71. The summed E-state index contributed by atoms with van der Waals surface area (Å²) in [5, 5.41) is 18.9. The van der Waals surface area contributed by atoms with Crippen LogP contribution in [0.2, 0.25) is 0 Å². The van der Waals surface area contributed by atoms with Crippen molar-refractivity contribution >= 4 is 5.97 Å². The van der Waals surface area contributed by atoms with E-state index in [-0.39, 0.29) is 5.54 Å². The minimum atomic E-state index is -0.946. The van der Waals surface area contributed by atoms with E-state index in [2.05, 4.69) is 0 Å². The molecular formula is C7H13NO3. The van der Waals surface area contributed by atoms with Gasteiger partial charge in [0.2, 0.25) is 0 Å². The molecule has 0 saturated carbocycles. The van der Waals surface area contributed by atoms with E-state index < -0.39 is 12.0 Å². The average molecular weight is 159 g/mol. The first-order valence-electron chi connectivity index (χ1n) is 3.66. The predicted octanol–water partition coefficient (Wildman–Crippen LogP) is 0.703. The van der Waals surface area contributed by atoms with Gasteiger partial charge in [0.15, 0.2) is 0 Å². The molecule has 1 aliphatic rings. The maximum atomic E-state index is 10.5. The van der Waals surface area contributed by atoms with Crippen molar-refractivity contribution in [1.82, 2.24) is 5.06 Å². The molecule has 1 unspecified atom stereocenters. The molecule has 4 heteroatoms. The molecule has 0 bridgehead atoms. The number of hydroxylamine groups is 2. The van der Waals surface area contributed by atoms with E-state index in [0.29, 0.717) is 6.42 Å². The van der Waals surface area contributed by atoms with Crippen LogP contribution in [0.15, 0.2) is 0 Å². The fourth-order valence-corrected chi connectivity index (χ4v) is 1.38. The molecule has 0 aliphatic carbocycles. The number of hydrogen-bond acceptors (Lipinski definition) is 3. The molecule has 0 amide bonds. The molecule has 1 fully saturated rings. The number of carboxylic acids is 1. The first kappa shape index (κ1) is 8.49. The lowest BCUT2D eigenvalue weighted by atomic mass is 10.0. The van der Waals surface area contributed by atoms with Crippen molar-refractivity contribution in [3.05, 3.63) is 0 Å². The van der Waals surface area contributed by atoms with Gasteiger partial charge in [-0.3, -0.25) is 4.79 Å². The van der Waals surface area contributed by atoms with Crippen LogP contribution >= 0.6 is 0 Å². The Morgan fingerprint density at radius 1 is 1.64 bits per heavy atom. The van der Waals surface area contributed by atoms with Crippen LogP contribution in [0, 0.1) is 0 Å². The highest BCUT2D eigenvalue weighted by molar-refractivity contribution is 5.73. The Labute approximate surface area is 65.4 Å². The number of carboxylic acid groups (broad SMARTS) is 1. The van der Waals surface area contributed by atoms with Crippen LogP contribution in [-0.4, -0.2) is 32.9 Å². The normalized spacial score (nSPS) is 30.6. The molecule has 1 rings (SSSR count). The van der Waals surface area contributed by atoms with Crippen molar-refractivity contribution in [2.75, 3.05) is 0 Å². The van der Waals surface area contributed by atoms with Crippen LogP contribution in [0.4, 0.5) is 0 Å². The second kappa shape index (κ2) is 2.46. The summed E-state index contributed by atoms with van der Waals surface area (Å²) in [6.45, 7) is 3.66. The summed E-state index contributed by atoms with van der Waals surface area (Å²) >= 11 is 0. The minimum Gasteiger partial charge on any atom is -0.480 e. The van der Waals surface area contributed by atoms with Crippen LogP contribution < -0.4 is 0 Å². The Kier molecular flexibility index (Phi) is 1.90. The fraction of sp³-hybridized carbons (Fsp3) is 0.857. The zero-order chi connectivity index (χ0) is 8.65. The lowest BCUT2D eigenvalue weighted by molar-refractivity contribution is -0.184. The number of aliphatic carboxylic acids is 1. The molecule has 1 aliphatic heterocycles. The quantitative estimate of drug-likeness (QED) is 0.591. The summed E-state index contributed by atoms with van der Waals surface area (Å²) in [6, 6.07) is -0.718. The summed E-state index contributed by atoms with van der Waals surface area (Å²) in [5.74, 6) is -0.946. The highest BCUT2D eigenvalue weighted by atomic mass is 16.5. The van der Waals surface area contributed by atoms with Crippen molar-refractivity contribution in [3.63, 3.8) is 0 Å². The largest absolute Gasteiger partial charge is 0.480 e.